The minimum Gasteiger partial charge on any atom is -0.462 e. The lowest BCUT2D eigenvalue weighted by Crippen LogP contribution is -2.19. The number of hydrogen-bond donors (Lipinski definition) is 1. The van der Waals surface area contributed by atoms with Gasteiger partial charge in [-0.1, -0.05) is 24.3 Å². The van der Waals surface area contributed by atoms with Gasteiger partial charge in [0.1, 0.15) is 12.2 Å². The Kier molecular flexibility index (Phi) is 6.03. The molecule has 2 N–H and O–H groups in total. The van der Waals surface area contributed by atoms with E-state index < -0.39 is 11.9 Å². The highest BCUT2D eigenvalue weighted by atomic mass is 16.5. The SMILES string of the molecule is CCOC(=O)c1c[nH+]c2c(ccc3ccccc32)c1NCCOC(=O)c1cccnc1. The van der Waals surface area contributed by atoms with Crippen molar-refractivity contribution in [3.8, 4) is 0 Å². The van der Waals surface area contributed by atoms with Crippen LogP contribution in [0, 0.1) is 0 Å². The van der Waals surface area contributed by atoms with Crippen molar-refractivity contribution in [2.45, 2.75) is 6.92 Å². The van der Waals surface area contributed by atoms with E-state index in [0.29, 0.717) is 23.4 Å². The van der Waals surface area contributed by atoms with Crippen LogP contribution in [0.1, 0.15) is 27.6 Å². The summed E-state index contributed by atoms with van der Waals surface area (Å²) in [6.07, 6.45) is 4.70. The minimum atomic E-state index is -0.447. The lowest BCUT2D eigenvalue weighted by atomic mass is 10.0. The Labute approximate surface area is 179 Å². The number of carbonyl (C=O) groups is 2. The van der Waals surface area contributed by atoms with Gasteiger partial charge in [0.2, 0.25) is 5.52 Å². The third-order valence-corrected chi connectivity index (χ3v) is 4.86. The molecule has 0 atom stereocenters. The lowest BCUT2D eigenvalue weighted by Gasteiger charge is -2.13. The Bertz CT molecular complexity index is 1240. The van der Waals surface area contributed by atoms with E-state index in [0.717, 1.165) is 21.7 Å². The molecule has 7 nitrogen and oxygen atoms in total. The summed E-state index contributed by atoms with van der Waals surface area (Å²) in [4.78, 5) is 31.8. The van der Waals surface area contributed by atoms with Gasteiger partial charge in [0.25, 0.3) is 0 Å². The molecule has 0 saturated carbocycles. The van der Waals surface area contributed by atoms with Gasteiger partial charge in [0.05, 0.1) is 28.6 Å². The number of benzene rings is 2. The molecule has 4 aromatic rings. The zero-order valence-electron chi connectivity index (χ0n) is 17.1. The zero-order valence-corrected chi connectivity index (χ0v) is 17.1. The molecule has 0 aliphatic carbocycles. The molecule has 0 aliphatic rings. The van der Waals surface area contributed by atoms with Crippen LogP contribution in [-0.4, -0.2) is 36.7 Å². The number of hydrogen-bond acceptors (Lipinski definition) is 6. The number of carbonyl (C=O) groups excluding carboxylic acids is 2. The fourth-order valence-electron chi connectivity index (χ4n) is 3.44. The summed E-state index contributed by atoms with van der Waals surface area (Å²) in [6.45, 7) is 2.49. The Morgan fingerprint density at radius 3 is 2.68 bits per heavy atom. The average Bonchev–Trinajstić information content (AvgIpc) is 2.82. The van der Waals surface area contributed by atoms with Crippen molar-refractivity contribution in [3.05, 3.63) is 78.2 Å². The minimum absolute atomic E-state index is 0.129. The first kappa shape index (κ1) is 20.3. The summed E-state index contributed by atoms with van der Waals surface area (Å²) in [5.41, 5.74) is 2.32. The second kappa shape index (κ2) is 9.21. The van der Waals surface area contributed by atoms with Crippen molar-refractivity contribution >= 4 is 39.3 Å². The second-order valence-corrected chi connectivity index (χ2v) is 6.81. The van der Waals surface area contributed by atoms with Gasteiger partial charge in [-0.3, -0.25) is 4.98 Å². The summed E-state index contributed by atoms with van der Waals surface area (Å²) in [5, 5.41) is 6.24. The molecule has 2 aromatic carbocycles. The van der Waals surface area contributed by atoms with E-state index in [1.807, 2.05) is 36.4 Å². The van der Waals surface area contributed by atoms with Crippen molar-refractivity contribution in [1.82, 2.24) is 4.98 Å². The number of fused-ring (bicyclic) bond motifs is 3. The Balaban J connectivity index is 1.60. The number of nitrogens with one attached hydrogen (secondary N) is 2. The summed E-state index contributed by atoms with van der Waals surface area (Å²) >= 11 is 0. The molecule has 0 spiro atoms. The average molecular weight is 416 g/mol. The highest BCUT2D eigenvalue weighted by Gasteiger charge is 2.21. The highest BCUT2D eigenvalue weighted by Crippen LogP contribution is 2.30. The first-order valence-electron chi connectivity index (χ1n) is 10.0. The number of aromatic amines is 1. The van der Waals surface area contributed by atoms with Gasteiger partial charge >= 0.3 is 11.9 Å². The molecule has 31 heavy (non-hydrogen) atoms. The molecular formula is C24H22N3O4+. The highest BCUT2D eigenvalue weighted by molar-refractivity contribution is 6.11. The number of H-pyrrole nitrogens is 1. The van der Waals surface area contributed by atoms with Gasteiger partial charge < -0.3 is 14.8 Å². The van der Waals surface area contributed by atoms with E-state index in [1.54, 1.807) is 31.5 Å². The second-order valence-electron chi connectivity index (χ2n) is 6.81. The van der Waals surface area contributed by atoms with E-state index in [9.17, 15) is 9.59 Å². The topological polar surface area (TPSA) is 91.7 Å². The molecular weight excluding hydrogens is 394 g/mol. The third-order valence-electron chi connectivity index (χ3n) is 4.86. The van der Waals surface area contributed by atoms with Gasteiger partial charge in [0.15, 0.2) is 6.20 Å². The van der Waals surface area contributed by atoms with Crippen LogP contribution in [0.5, 0.6) is 0 Å². The van der Waals surface area contributed by atoms with Crippen molar-refractivity contribution in [2.24, 2.45) is 0 Å². The van der Waals surface area contributed by atoms with Crippen LogP contribution in [0.3, 0.4) is 0 Å². The number of rotatable bonds is 7. The van der Waals surface area contributed by atoms with Crippen LogP contribution in [0.15, 0.2) is 67.1 Å². The summed E-state index contributed by atoms with van der Waals surface area (Å²) in [6, 6.07) is 15.3. The number of pyridine rings is 2. The van der Waals surface area contributed by atoms with Gasteiger partial charge in [-0.2, -0.15) is 0 Å². The molecule has 4 rings (SSSR count). The molecule has 0 fully saturated rings. The van der Waals surface area contributed by atoms with Crippen molar-refractivity contribution in [2.75, 3.05) is 25.1 Å². The fraction of sp³-hybridized carbons (Fsp3) is 0.167. The molecule has 0 aliphatic heterocycles. The zero-order chi connectivity index (χ0) is 21.6. The summed E-state index contributed by atoms with van der Waals surface area (Å²) < 4.78 is 10.5. The number of esters is 2. The fourth-order valence-corrected chi connectivity index (χ4v) is 3.44. The molecule has 0 bridgehead atoms. The predicted molar refractivity (Wildman–Crippen MR) is 117 cm³/mol. The van der Waals surface area contributed by atoms with Crippen LogP contribution in [0.25, 0.3) is 21.7 Å². The van der Waals surface area contributed by atoms with Crippen LogP contribution in [-0.2, 0) is 9.47 Å². The first-order valence-corrected chi connectivity index (χ1v) is 10.0. The van der Waals surface area contributed by atoms with Crippen LogP contribution >= 0.6 is 0 Å². The third kappa shape index (κ3) is 4.30. The van der Waals surface area contributed by atoms with Crippen LogP contribution < -0.4 is 10.3 Å². The number of ether oxygens (including phenoxy) is 2. The Morgan fingerprint density at radius 1 is 1.00 bits per heavy atom. The molecule has 0 radical (unpaired) electrons. The van der Waals surface area contributed by atoms with E-state index >= 15 is 0 Å². The summed E-state index contributed by atoms with van der Waals surface area (Å²) in [5.74, 6) is -0.874. The normalized spacial score (nSPS) is 10.7. The maximum atomic E-state index is 12.5. The molecule has 0 amide bonds. The number of nitrogens with zero attached hydrogens (tertiary/aromatic N) is 1. The molecule has 2 aromatic heterocycles. The Morgan fingerprint density at radius 2 is 1.87 bits per heavy atom. The van der Waals surface area contributed by atoms with Crippen molar-refractivity contribution in [1.29, 1.82) is 0 Å². The Hall–Kier alpha value is -4.00. The van der Waals surface area contributed by atoms with E-state index in [2.05, 4.69) is 15.3 Å². The maximum absolute atomic E-state index is 12.5. The largest absolute Gasteiger partial charge is 0.462 e. The predicted octanol–water partition coefficient (Wildman–Crippen LogP) is 3.65. The van der Waals surface area contributed by atoms with Gasteiger partial charge in [-0.25, -0.2) is 14.6 Å². The van der Waals surface area contributed by atoms with Crippen molar-refractivity contribution < 1.29 is 24.0 Å². The van der Waals surface area contributed by atoms with Gasteiger partial charge in [-0.05, 0) is 36.6 Å². The van der Waals surface area contributed by atoms with E-state index in [1.165, 1.54) is 6.20 Å². The van der Waals surface area contributed by atoms with E-state index in [4.69, 9.17) is 9.47 Å². The molecule has 156 valence electrons. The number of aromatic nitrogens is 2. The monoisotopic (exact) mass is 416 g/mol. The van der Waals surface area contributed by atoms with Gasteiger partial charge in [-0.15, -0.1) is 0 Å². The maximum Gasteiger partial charge on any atom is 0.346 e. The molecule has 0 saturated heterocycles. The molecule has 2 heterocycles. The first-order chi connectivity index (χ1) is 15.2. The smallest absolute Gasteiger partial charge is 0.346 e. The van der Waals surface area contributed by atoms with Crippen LogP contribution in [0.2, 0.25) is 0 Å². The van der Waals surface area contributed by atoms with Crippen LogP contribution in [0.4, 0.5) is 5.69 Å². The standard InChI is InChI=1S/C24H21N3O4/c1-2-30-24(29)20-15-27-21-18-8-4-3-6-16(18)9-10-19(21)22(20)26-12-13-31-23(28)17-7-5-11-25-14-17/h3-11,14-15H,2,12-13H2,1H3,(H,26,27)/p+1. The number of anilines is 1. The van der Waals surface area contributed by atoms with Crippen molar-refractivity contribution in [3.63, 3.8) is 0 Å². The molecule has 7 heteroatoms. The van der Waals surface area contributed by atoms with E-state index in [-0.39, 0.29) is 13.2 Å². The van der Waals surface area contributed by atoms with Gasteiger partial charge in [0, 0.05) is 18.9 Å². The quantitative estimate of drug-likeness (QED) is 0.281. The molecule has 0 unspecified atom stereocenters. The lowest BCUT2D eigenvalue weighted by molar-refractivity contribution is -0.343. The summed E-state index contributed by atoms with van der Waals surface area (Å²) in [7, 11) is 0.